The van der Waals surface area contributed by atoms with Crippen molar-refractivity contribution in [1.82, 2.24) is 20.6 Å². The zero-order valence-corrected chi connectivity index (χ0v) is 21.9. The first-order valence-electron chi connectivity index (χ1n) is 12.3. The van der Waals surface area contributed by atoms with Crippen molar-refractivity contribution in [1.29, 1.82) is 0 Å². The summed E-state index contributed by atoms with van der Waals surface area (Å²) in [6.07, 6.45) is 2.83. The Balaban J connectivity index is 1.56. The fraction of sp³-hybridized carbons (Fsp3) is 0.286. The van der Waals surface area contributed by atoms with Crippen molar-refractivity contribution in [2.75, 3.05) is 36.9 Å². The van der Waals surface area contributed by atoms with Gasteiger partial charge in [-0.05, 0) is 48.7 Å². The maximum absolute atomic E-state index is 12.6. The van der Waals surface area contributed by atoms with E-state index in [4.69, 9.17) is 9.47 Å². The van der Waals surface area contributed by atoms with Crippen LogP contribution in [0.3, 0.4) is 0 Å². The summed E-state index contributed by atoms with van der Waals surface area (Å²) in [6, 6.07) is 14.5. The molecule has 1 heterocycles. The Hall–Kier alpha value is -4.60. The zero-order valence-electron chi connectivity index (χ0n) is 21.9. The summed E-state index contributed by atoms with van der Waals surface area (Å²) in [5.74, 6) is 1.68. The lowest BCUT2D eigenvalue weighted by Gasteiger charge is -2.13. The van der Waals surface area contributed by atoms with Crippen LogP contribution in [0.4, 0.5) is 27.9 Å². The maximum atomic E-state index is 12.6. The lowest BCUT2D eigenvalue weighted by molar-refractivity contribution is 0.0951. The first kappa shape index (κ1) is 28.0. The molecular formula is C28H34N6O4. The molecular weight excluding hydrogens is 484 g/mol. The lowest BCUT2D eigenvalue weighted by atomic mass is 10.2. The summed E-state index contributed by atoms with van der Waals surface area (Å²) in [4.78, 5) is 33.0. The molecule has 0 atom stereocenters. The molecule has 0 aliphatic rings. The van der Waals surface area contributed by atoms with E-state index in [-0.39, 0.29) is 24.9 Å². The molecule has 0 spiro atoms. The van der Waals surface area contributed by atoms with Crippen molar-refractivity contribution >= 4 is 35.1 Å². The Morgan fingerprint density at radius 2 is 1.87 bits per heavy atom. The molecule has 2 aromatic carbocycles. The highest BCUT2D eigenvalue weighted by molar-refractivity contribution is 5.95. The molecule has 2 amide bonds. The van der Waals surface area contributed by atoms with Crippen LogP contribution in [0.25, 0.3) is 0 Å². The van der Waals surface area contributed by atoms with Gasteiger partial charge < -0.3 is 30.7 Å². The first-order valence-corrected chi connectivity index (χ1v) is 12.3. The van der Waals surface area contributed by atoms with Gasteiger partial charge in [0, 0.05) is 42.3 Å². The van der Waals surface area contributed by atoms with Gasteiger partial charge in [-0.15, -0.1) is 0 Å². The second-order valence-corrected chi connectivity index (χ2v) is 8.85. The van der Waals surface area contributed by atoms with Crippen LogP contribution in [-0.4, -0.2) is 48.3 Å². The van der Waals surface area contributed by atoms with Crippen molar-refractivity contribution in [2.45, 2.75) is 20.8 Å². The third-order valence-corrected chi connectivity index (χ3v) is 5.10. The van der Waals surface area contributed by atoms with Crippen LogP contribution in [0.1, 0.15) is 29.8 Å². The predicted octanol–water partition coefficient (Wildman–Crippen LogP) is 4.95. The van der Waals surface area contributed by atoms with Gasteiger partial charge in [0.2, 0.25) is 5.95 Å². The van der Waals surface area contributed by atoms with Crippen molar-refractivity contribution in [3.05, 3.63) is 78.5 Å². The van der Waals surface area contributed by atoms with Gasteiger partial charge in [-0.3, -0.25) is 4.79 Å². The van der Waals surface area contributed by atoms with E-state index in [0.29, 0.717) is 36.2 Å². The molecule has 0 radical (unpaired) electrons. The fourth-order valence-corrected chi connectivity index (χ4v) is 3.21. The number of alkyl carbamates (subject to hydrolysis) is 1. The van der Waals surface area contributed by atoms with Crippen molar-refractivity contribution < 1.29 is 19.1 Å². The SMILES string of the molecule is C=CCOc1ccc(C)c(Nc2ccnc(Nc3cccc(C(=O)NCCNC(=O)OCC(C)C)c3)n2)c1. The predicted molar refractivity (Wildman–Crippen MR) is 148 cm³/mol. The third kappa shape index (κ3) is 9.12. The van der Waals surface area contributed by atoms with E-state index < -0.39 is 6.09 Å². The number of nitrogens with zero attached hydrogens (tertiary/aromatic N) is 2. The summed E-state index contributed by atoms with van der Waals surface area (Å²) in [7, 11) is 0. The summed E-state index contributed by atoms with van der Waals surface area (Å²) >= 11 is 0. The molecule has 3 aromatic rings. The molecule has 0 bridgehead atoms. The van der Waals surface area contributed by atoms with Gasteiger partial charge in [0.25, 0.3) is 5.91 Å². The van der Waals surface area contributed by atoms with E-state index >= 15 is 0 Å². The van der Waals surface area contributed by atoms with Crippen LogP contribution < -0.4 is 26.0 Å². The molecule has 200 valence electrons. The van der Waals surface area contributed by atoms with E-state index in [1.165, 1.54) is 0 Å². The fourth-order valence-electron chi connectivity index (χ4n) is 3.21. The Morgan fingerprint density at radius 3 is 2.66 bits per heavy atom. The molecule has 1 aromatic heterocycles. The number of rotatable bonds is 13. The summed E-state index contributed by atoms with van der Waals surface area (Å²) < 4.78 is 10.7. The molecule has 0 saturated carbocycles. The smallest absolute Gasteiger partial charge is 0.407 e. The number of carbonyl (C=O) groups is 2. The van der Waals surface area contributed by atoms with E-state index in [0.717, 1.165) is 17.0 Å². The number of ether oxygens (including phenoxy) is 2. The molecule has 0 unspecified atom stereocenters. The number of carbonyl (C=O) groups excluding carboxylic acids is 2. The molecule has 3 rings (SSSR count). The van der Waals surface area contributed by atoms with Crippen LogP contribution in [0, 0.1) is 12.8 Å². The van der Waals surface area contributed by atoms with Gasteiger partial charge in [0.1, 0.15) is 18.2 Å². The normalized spacial score (nSPS) is 10.4. The molecule has 0 saturated heterocycles. The number of aromatic nitrogens is 2. The van der Waals surface area contributed by atoms with Crippen LogP contribution in [0.5, 0.6) is 5.75 Å². The number of amides is 2. The average molecular weight is 519 g/mol. The zero-order chi connectivity index (χ0) is 27.3. The van der Waals surface area contributed by atoms with E-state index in [1.807, 2.05) is 45.0 Å². The van der Waals surface area contributed by atoms with Crippen LogP contribution in [0.2, 0.25) is 0 Å². The number of hydrogen-bond acceptors (Lipinski definition) is 8. The number of nitrogens with one attached hydrogen (secondary N) is 4. The molecule has 0 aliphatic heterocycles. The van der Waals surface area contributed by atoms with Gasteiger partial charge >= 0.3 is 6.09 Å². The molecule has 4 N–H and O–H groups in total. The monoisotopic (exact) mass is 518 g/mol. The summed E-state index contributed by atoms with van der Waals surface area (Å²) in [5.41, 5.74) is 3.00. The second-order valence-electron chi connectivity index (χ2n) is 8.85. The third-order valence-electron chi connectivity index (χ3n) is 5.10. The molecule has 38 heavy (non-hydrogen) atoms. The average Bonchev–Trinajstić information content (AvgIpc) is 2.90. The molecule has 10 nitrogen and oxygen atoms in total. The molecule has 0 aliphatic carbocycles. The molecule has 10 heteroatoms. The largest absolute Gasteiger partial charge is 0.489 e. The van der Waals surface area contributed by atoms with Gasteiger partial charge in [-0.1, -0.05) is 38.6 Å². The molecule has 0 fully saturated rings. The highest BCUT2D eigenvalue weighted by Crippen LogP contribution is 2.25. The Bertz CT molecular complexity index is 1250. The second kappa shape index (κ2) is 14.2. The van der Waals surface area contributed by atoms with Crippen molar-refractivity contribution in [3.63, 3.8) is 0 Å². The quantitative estimate of drug-likeness (QED) is 0.185. The number of aryl methyl sites for hydroxylation is 1. The minimum absolute atomic E-state index is 0.259. The minimum Gasteiger partial charge on any atom is -0.489 e. The number of anilines is 4. The Morgan fingerprint density at radius 1 is 1.05 bits per heavy atom. The van der Waals surface area contributed by atoms with Crippen molar-refractivity contribution in [3.8, 4) is 5.75 Å². The van der Waals surface area contributed by atoms with Gasteiger partial charge in [0.05, 0.1) is 6.61 Å². The van der Waals surface area contributed by atoms with Gasteiger partial charge in [-0.2, -0.15) is 4.98 Å². The number of hydrogen-bond donors (Lipinski definition) is 4. The van der Waals surface area contributed by atoms with E-state index in [1.54, 1.807) is 36.5 Å². The summed E-state index contributed by atoms with van der Waals surface area (Å²) in [5, 5.41) is 11.8. The van der Waals surface area contributed by atoms with Gasteiger partial charge in [0.15, 0.2) is 0 Å². The highest BCUT2D eigenvalue weighted by atomic mass is 16.5. The standard InChI is InChI=1S/C28H34N6O4/c1-5-15-37-23-10-9-20(4)24(17-23)33-25-11-12-30-27(34-25)32-22-8-6-7-21(16-22)26(35)29-13-14-31-28(36)38-18-19(2)3/h5-12,16-17,19H,1,13-15,18H2,2-4H3,(H,29,35)(H,31,36)(H2,30,32,33,34). The van der Waals surface area contributed by atoms with E-state index in [2.05, 4.69) is 37.8 Å². The summed E-state index contributed by atoms with van der Waals surface area (Å²) in [6.45, 7) is 10.9. The van der Waals surface area contributed by atoms with Crippen molar-refractivity contribution in [2.24, 2.45) is 5.92 Å². The van der Waals surface area contributed by atoms with Crippen LogP contribution in [0.15, 0.2) is 67.4 Å². The highest BCUT2D eigenvalue weighted by Gasteiger charge is 2.09. The van der Waals surface area contributed by atoms with Gasteiger partial charge in [-0.25, -0.2) is 9.78 Å². The number of benzene rings is 2. The Labute approximate surface area is 222 Å². The minimum atomic E-state index is -0.500. The van der Waals surface area contributed by atoms with Crippen LogP contribution >= 0.6 is 0 Å². The lowest BCUT2D eigenvalue weighted by Crippen LogP contribution is -2.35. The van der Waals surface area contributed by atoms with Crippen LogP contribution in [-0.2, 0) is 4.74 Å². The topological polar surface area (TPSA) is 126 Å². The maximum Gasteiger partial charge on any atom is 0.407 e. The van der Waals surface area contributed by atoms with E-state index in [9.17, 15) is 9.59 Å². The first-order chi connectivity index (χ1) is 18.3. The Kier molecular flexibility index (Phi) is 10.5.